The van der Waals surface area contributed by atoms with Gasteiger partial charge in [-0.3, -0.25) is 23.6 Å². The van der Waals surface area contributed by atoms with E-state index in [2.05, 4.69) is 4.98 Å². The molecule has 4 heterocycles. The average molecular weight is 667 g/mol. The van der Waals surface area contributed by atoms with E-state index in [0.717, 1.165) is 18.4 Å². The minimum atomic E-state index is -1.19. The molecule has 7 rings (SSSR count). The Kier molecular flexibility index (Phi) is 8.04. The Morgan fingerprint density at radius 3 is 2.37 bits per heavy atom. The lowest BCUT2D eigenvalue weighted by molar-refractivity contribution is -0.0639. The summed E-state index contributed by atoms with van der Waals surface area (Å²) in [5.74, 6) is 0.315. The number of morpholine rings is 1. The lowest BCUT2D eigenvalue weighted by atomic mass is 9.91. The highest BCUT2D eigenvalue weighted by molar-refractivity contribution is 6.31. The van der Waals surface area contributed by atoms with E-state index in [9.17, 15) is 24.6 Å². The van der Waals surface area contributed by atoms with Crippen LogP contribution in [0, 0.1) is 5.92 Å². The number of likely N-dealkylation sites (tertiary alicyclic amines) is 1. The Morgan fingerprint density at radius 1 is 1.02 bits per heavy atom. The topological polar surface area (TPSA) is 130 Å². The normalized spacial score (nSPS) is 21.5. The van der Waals surface area contributed by atoms with Crippen molar-refractivity contribution in [2.24, 2.45) is 5.92 Å². The summed E-state index contributed by atoms with van der Waals surface area (Å²) >= 11 is 12.6. The lowest BCUT2D eigenvalue weighted by Crippen LogP contribution is -2.49. The van der Waals surface area contributed by atoms with E-state index in [0.29, 0.717) is 77.5 Å². The molecule has 46 heavy (non-hydrogen) atoms. The summed E-state index contributed by atoms with van der Waals surface area (Å²) in [7, 11) is 0. The number of piperidine rings is 1. The molecular formula is C33H33Cl2N5O6. The molecule has 0 unspecified atom stereocenters. The van der Waals surface area contributed by atoms with Gasteiger partial charge >= 0.3 is 6.09 Å². The number of benzene rings is 2. The summed E-state index contributed by atoms with van der Waals surface area (Å²) in [6.45, 7) is 1.37. The summed E-state index contributed by atoms with van der Waals surface area (Å²) in [5, 5.41) is 22.4. The van der Waals surface area contributed by atoms with Crippen molar-refractivity contribution in [2.75, 3.05) is 26.2 Å². The Bertz CT molecular complexity index is 1850. The van der Waals surface area contributed by atoms with Gasteiger partial charge in [0.05, 0.1) is 42.8 Å². The molecule has 4 aromatic rings. The molecule has 2 aromatic carbocycles. The zero-order valence-electron chi connectivity index (χ0n) is 24.9. The minimum absolute atomic E-state index is 0.0282. The number of carbonyl (C=O) groups excluding carboxylic acids is 1. The van der Waals surface area contributed by atoms with Gasteiger partial charge < -0.3 is 19.8 Å². The molecule has 2 N–H and O–H groups in total. The van der Waals surface area contributed by atoms with Crippen LogP contribution < -0.4 is 5.56 Å². The highest BCUT2D eigenvalue weighted by atomic mass is 35.5. The second-order valence-electron chi connectivity index (χ2n) is 12.5. The van der Waals surface area contributed by atoms with Crippen molar-refractivity contribution in [1.29, 1.82) is 0 Å². The number of hydrogen-bond acceptors (Lipinski definition) is 6. The zero-order chi connectivity index (χ0) is 32.2. The van der Waals surface area contributed by atoms with Crippen LogP contribution in [0.15, 0.2) is 65.7 Å². The molecule has 2 saturated heterocycles. The lowest BCUT2D eigenvalue weighted by Gasteiger charge is -2.38. The fourth-order valence-corrected chi connectivity index (χ4v) is 7.00. The van der Waals surface area contributed by atoms with Crippen LogP contribution in [0.1, 0.15) is 47.6 Å². The van der Waals surface area contributed by atoms with Crippen LogP contribution in [-0.4, -0.2) is 84.1 Å². The molecule has 2 atom stereocenters. The van der Waals surface area contributed by atoms with Crippen molar-refractivity contribution in [1.82, 2.24) is 23.9 Å². The number of aliphatic hydroxyl groups is 1. The van der Waals surface area contributed by atoms with E-state index < -0.39 is 17.7 Å². The smallest absolute Gasteiger partial charge is 0.407 e. The first kappa shape index (κ1) is 30.7. The highest BCUT2D eigenvalue weighted by Crippen LogP contribution is 2.39. The molecule has 240 valence electrons. The first-order valence-corrected chi connectivity index (χ1v) is 16.1. The molecule has 0 spiro atoms. The van der Waals surface area contributed by atoms with E-state index in [1.165, 1.54) is 15.8 Å². The van der Waals surface area contributed by atoms with Gasteiger partial charge in [-0.05, 0) is 79.6 Å². The molecule has 13 heteroatoms. The molecule has 2 aliphatic heterocycles. The number of ether oxygens (including phenoxy) is 1. The molecular weight excluding hydrogens is 633 g/mol. The van der Waals surface area contributed by atoms with E-state index >= 15 is 0 Å². The largest absolute Gasteiger partial charge is 0.465 e. The van der Waals surface area contributed by atoms with Crippen molar-refractivity contribution < 1.29 is 24.5 Å². The fraction of sp³-hybridized carbons (Fsp3) is 0.394. The van der Waals surface area contributed by atoms with Crippen LogP contribution in [0.5, 0.6) is 0 Å². The van der Waals surface area contributed by atoms with E-state index in [1.807, 2.05) is 24.3 Å². The standard InChI is InChI=1S/C33H33Cl2N5O6/c34-23-7-3-22(4-8-23)30(41)37-13-11-33(45,12-14-37)18-38-19-36-29-25(31(38)42)15-28(35)40(29)24-9-5-20(6-10-24)26-17-46-27(21-1-2-21)16-39(26)32(43)44/h3-10,15,19,21,26-27,45H,1-2,11-14,16-18H2,(H,43,44)/t26-,27+/m0/s1. The average Bonchev–Trinajstić information content (AvgIpc) is 3.85. The molecule has 1 aliphatic carbocycles. The molecule has 11 nitrogen and oxygen atoms in total. The van der Waals surface area contributed by atoms with E-state index in [4.69, 9.17) is 27.9 Å². The number of rotatable bonds is 6. The SMILES string of the molecule is O=C(c1ccc(Cl)cc1)N1CCC(O)(Cn2cnc3c(cc(Cl)n3-c3ccc([C@@H]4CO[C@@H](C5CC5)CN4C(=O)O)cc3)c2=O)CC1. The maximum Gasteiger partial charge on any atom is 0.407 e. The number of fused-ring (bicyclic) bond motifs is 1. The van der Waals surface area contributed by atoms with Crippen LogP contribution in [0.3, 0.4) is 0 Å². The first-order chi connectivity index (χ1) is 22.1. The van der Waals surface area contributed by atoms with Gasteiger partial charge in [0.25, 0.3) is 11.5 Å². The van der Waals surface area contributed by atoms with Gasteiger partial charge in [-0.25, -0.2) is 9.78 Å². The van der Waals surface area contributed by atoms with Gasteiger partial charge in [0.15, 0.2) is 5.65 Å². The van der Waals surface area contributed by atoms with Gasteiger partial charge in [0.1, 0.15) is 11.5 Å². The summed E-state index contributed by atoms with van der Waals surface area (Å²) in [5.41, 5.74) is 0.844. The van der Waals surface area contributed by atoms with Crippen LogP contribution in [-0.2, 0) is 11.3 Å². The maximum atomic E-state index is 13.6. The fourth-order valence-electron chi connectivity index (χ4n) is 6.59. The highest BCUT2D eigenvalue weighted by Gasteiger charge is 2.41. The summed E-state index contributed by atoms with van der Waals surface area (Å²) in [4.78, 5) is 46.2. The van der Waals surface area contributed by atoms with Crippen molar-refractivity contribution in [3.05, 3.63) is 92.6 Å². The number of aromatic nitrogens is 3. The van der Waals surface area contributed by atoms with Gasteiger partial charge in [-0.1, -0.05) is 35.3 Å². The zero-order valence-corrected chi connectivity index (χ0v) is 26.4. The summed E-state index contributed by atoms with van der Waals surface area (Å²) < 4.78 is 9.09. The Labute approximate surface area is 274 Å². The van der Waals surface area contributed by atoms with Crippen LogP contribution >= 0.6 is 23.2 Å². The van der Waals surface area contributed by atoms with Crippen LogP contribution in [0.2, 0.25) is 10.2 Å². The van der Waals surface area contributed by atoms with Crippen molar-refractivity contribution in [3.8, 4) is 5.69 Å². The Balaban J connectivity index is 1.06. The molecule has 3 aliphatic rings. The quantitative estimate of drug-likeness (QED) is 0.297. The Morgan fingerprint density at radius 2 is 1.72 bits per heavy atom. The number of halogens is 2. The Hall–Kier alpha value is -3.90. The monoisotopic (exact) mass is 665 g/mol. The number of amides is 2. The molecule has 0 radical (unpaired) electrons. The van der Waals surface area contributed by atoms with E-state index in [-0.39, 0.29) is 24.1 Å². The summed E-state index contributed by atoms with van der Waals surface area (Å²) in [6.07, 6.45) is 3.16. The van der Waals surface area contributed by atoms with Crippen molar-refractivity contribution in [3.63, 3.8) is 0 Å². The van der Waals surface area contributed by atoms with Gasteiger partial charge in [0, 0.05) is 29.4 Å². The van der Waals surface area contributed by atoms with Crippen LogP contribution in [0.25, 0.3) is 16.7 Å². The van der Waals surface area contributed by atoms with E-state index in [1.54, 1.807) is 39.8 Å². The molecule has 0 bridgehead atoms. The van der Waals surface area contributed by atoms with Crippen LogP contribution in [0.4, 0.5) is 4.79 Å². The predicted octanol–water partition coefficient (Wildman–Crippen LogP) is 4.99. The van der Waals surface area contributed by atoms with Gasteiger partial charge in [-0.15, -0.1) is 0 Å². The molecule has 2 amide bonds. The molecule has 1 saturated carbocycles. The second-order valence-corrected chi connectivity index (χ2v) is 13.3. The van der Waals surface area contributed by atoms with Crippen molar-refractivity contribution >= 4 is 46.2 Å². The number of nitrogens with zero attached hydrogens (tertiary/aromatic N) is 5. The van der Waals surface area contributed by atoms with Gasteiger partial charge in [-0.2, -0.15) is 0 Å². The third kappa shape index (κ3) is 5.88. The second kappa shape index (κ2) is 12.0. The van der Waals surface area contributed by atoms with Gasteiger partial charge in [0.2, 0.25) is 0 Å². The third-order valence-corrected chi connectivity index (χ3v) is 9.96. The molecule has 3 fully saturated rings. The van der Waals surface area contributed by atoms with Crippen molar-refractivity contribution in [2.45, 2.75) is 50.0 Å². The molecule has 2 aromatic heterocycles. The minimum Gasteiger partial charge on any atom is -0.465 e. The first-order valence-electron chi connectivity index (χ1n) is 15.4. The number of hydrogen-bond donors (Lipinski definition) is 2. The number of carbonyl (C=O) groups is 2. The predicted molar refractivity (Wildman–Crippen MR) is 172 cm³/mol. The maximum absolute atomic E-state index is 13.6. The summed E-state index contributed by atoms with van der Waals surface area (Å²) in [6, 6.07) is 15.2. The number of carboxylic acid groups (broad SMARTS) is 1. The third-order valence-electron chi connectivity index (χ3n) is 9.43.